The van der Waals surface area contributed by atoms with E-state index in [4.69, 9.17) is 5.84 Å². The fourth-order valence-electron chi connectivity index (χ4n) is 2.60. The van der Waals surface area contributed by atoms with Gasteiger partial charge in [0.2, 0.25) is 0 Å². The van der Waals surface area contributed by atoms with Gasteiger partial charge in [-0.05, 0) is 41.1 Å². The number of nitrogens with one attached hydrogen (secondary N) is 1. The van der Waals surface area contributed by atoms with Crippen molar-refractivity contribution in [2.45, 2.75) is 12.5 Å². The summed E-state index contributed by atoms with van der Waals surface area (Å²) in [5.41, 5.74) is 4.79. The monoisotopic (exact) mass is 281 g/mol. The Morgan fingerprint density at radius 2 is 2.00 bits per heavy atom. The Balaban J connectivity index is 1.98. The average Bonchev–Trinajstić information content (AvgIpc) is 2.52. The van der Waals surface area contributed by atoms with Crippen LogP contribution in [0.4, 0.5) is 4.39 Å². The van der Waals surface area contributed by atoms with Crippen LogP contribution in [0, 0.1) is 5.82 Å². The Bertz CT molecular complexity index is 752. The SMILES string of the molecule is NNC(Cc1cccc(F)c1)c1cccc2ccncc12. The normalized spacial score (nSPS) is 12.5. The summed E-state index contributed by atoms with van der Waals surface area (Å²) in [5.74, 6) is 5.48. The van der Waals surface area contributed by atoms with E-state index in [9.17, 15) is 4.39 Å². The van der Waals surface area contributed by atoms with Gasteiger partial charge in [0.05, 0.1) is 6.04 Å². The molecule has 0 amide bonds. The zero-order valence-corrected chi connectivity index (χ0v) is 11.5. The molecule has 0 saturated carbocycles. The Labute approximate surface area is 122 Å². The van der Waals surface area contributed by atoms with Crippen LogP contribution in [0.1, 0.15) is 17.2 Å². The highest BCUT2D eigenvalue weighted by atomic mass is 19.1. The molecule has 0 radical (unpaired) electrons. The van der Waals surface area contributed by atoms with Gasteiger partial charge in [-0.2, -0.15) is 0 Å². The van der Waals surface area contributed by atoms with Crippen LogP contribution in [0.25, 0.3) is 10.8 Å². The predicted octanol–water partition coefficient (Wildman–Crippen LogP) is 3.12. The highest BCUT2D eigenvalue weighted by Crippen LogP contribution is 2.25. The Hall–Kier alpha value is -2.30. The molecule has 3 rings (SSSR count). The van der Waals surface area contributed by atoms with Crippen LogP contribution in [0.3, 0.4) is 0 Å². The summed E-state index contributed by atoms with van der Waals surface area (Å²) in [7, 11) is 0. The number of halogens is 1. The van der Waals surface area contributed by atoms with Gasteiger partial charge in [-0.15, -0.1) is 0 Å². The quantitative estimate of drug-likeness (QED) is 0.570. The van der Waals surface area contributed by atoms with E-state index in [1.165, 1.54) is 12.1 Å². The topological polar surface area (TPSA) is 50.9 Å². The molecule has 0 aliphatic heterocycles. The van der Waals surface area contributed by atoms with E-state index in [0.717, 1.165) is 21.9 Å². The first kappa shape index (κ1) is 13.7. The van der Waals surface area contributed by atoms with Crippen molar-refractivity contribution in [3.63, 3.8) is 0 Å². The Morgan fingerprint density at radius 3 is 2.81 bits per heavy atom. The zero-order chi connectivity index (χ0) is 14.7. The minimum absolute atomic E-state index is 0.0975. The van der Waals surface area contributed by atoms with Crippen LogP contribution in [0.5, 0.6) is 0 Å². The van der Waals surface area contributed by atoms with E-state index in [-0.39, 0.29) is 11.9 Å². The molecule has 0 bridgehead atoms. The Morgan fingerprint density at radius 1 is 1.14 bits per heavy atom. The third kappa shape index (κ3) is 2.91. The number of hydrogen-bond acceptors (Lipinski definition) is 3. The molecular formula is C17H16FN3. The highest BCUT2D eigenvalue weighted by molar-refractivity contribution is 5.85. The Kier molecular flexibility index (Phi) is 3.90. The summed E-state index contributed by atoms with van der Waals surface area (Å²) in [6.45, 7) is 0. The standard InChI is InChI=1S/C17H16FN3/c18-14-5-1-3-12(9-14)10-17(21-19)15-6-2-4-13-7-8-20-11-16(13)15/h1-9,11,17,21H,10,19H2. The summed E-state index contributed by atoms with van der Waals surface area (Å²) in [5, 5.41) is 2.17. The van der Waals surface area contributed by atoms with Crippen molar-refractivity contribution in [2.75, 3.05) is 0 Å². The fraction of sp³-hybridized carbons (Fsp3) is 0.118. The minimum Gasteiger partial charge on any atom is -0.271 e. The molecule has 3 nitrogen and oxygen atoms in total. The number of aromatic nitrogens is 1. The van der Waals surface area contributed by atoms with E-state index in [1.54, 1.807) is 12.3 Å². The molecule has 4 heteroatoms. The van der Waals surface area contributed by atoms with Crippen LogP contribution in [0.2, 0.25) is 0 Å². The number of hydrogen-bond donors (Lipinski definition) is 2. The molecule has 0 aliphatic rings. The smallest absolute Gasteiger partial charge is 0.123 e. The van der Waals surface area contributed by atoms with Crippen molar-refractivity contribution in [3.05, 3.63) is 77.9 Å². The molecule has 3 N–H and O–H groups in total. The summed E-state index contributed by atoms with van der Waals surface area (Å²) in [4.78, 5) is 4.18. The molecule has 106 valence electrons. The lowest BCUT2D eigenvalue weighted by Gasteiger charge is -2.18. The van der Waals surface area contributed by atoms with Crippen LogP contribution in [-0.4, -0.2) is 4.98 Å². The maximum absolute atomic E-state index is 13.3. The van der Waals surface area contributed by atoms with Crippen molar-refractivity contribution >= 4 is 10.8 Å². The van der Waals surface area contributed by atoms with E-state index in [2.05, 4.69) is 10.4 Å². The van der Waals surface area contributed by atoms with E-state index < -0.39 is 0 Å². The molecular weight excluding hydrogens is 265 g/mol. The molecule has 0 aliphatic carbocycles. The van der Waals surface area contributed by atoms with Crippen LogP contribution >= 0.6 is 0 Å². The molecule has 0 fully saturated rings. The average molecular weight is 281 g/mol. The van der Waals surface area contributed by atoms with E-state index >= 15 is 0 Å². The maximum atomic E-state index is 13.3. The summed E-state index contributed by atoms with van der Waals surface area (Å²) in [6, 6.07) is 14.5. The second kappa shape index (κ2) is 5.99. The summed E-state index contributed by atoms with van der Waals surface area (Å²) < 4.78 is 13.3. The molecule has 3 aromatic rings. The summed E-state index contributed by atoms with van der Waals surface area (Å²) in [6.07, 6.45) is 4.21. The van der Waals surface area contributed by atoms with Gasteiger partial charge < -0.3 is 0 Å². The predicted molar refractivity (Wildman–Crippen MR) is 81.9 cm³/mol. The molecule has 0 spiro atoms. The lowest BCUT2D eigenvalue weighted by Crippen LogP contribution is -2.29. The number of nitrogens with zero attached hydrogens (tertiary/aromatic N) is 1. The van der Waals surface area contributed by atoms with Gasteiger partial charge in [-0.1, -0.05) is 30.3 Å². The first-order valence-corrected chi connectivity index (χ1v) is 6.81. The van der Waals surface area contributed by atoms with Gasteiger partial charge in [-0.25, -0.2) is 4.39 Å². The number of hydrazine groups is 1. The van der Waals surface area contributed by atoms with Crippen LogP contribution in [0.15, 0.2) is 60.9 Å². The molecule has 0 saturated heterocycles. The molecule has 1 heterocycles. The van der Waals surface area contributed by atoms with Crippen LogP contribution in [-0.2, 0) is 6.42 Å². The first-order chi connectivity index (χ1) is 10.3. The first-order valence-electron chi connectivity index (χ1n) is 6.81. The minimum atomic E-state index is -0.233. The number of rotatable bonds is 4. The molecule has 1 unspecified atom stereocenters. The van der Waals surface area contributed by atoms with Gasteiger partial charge >= 0.3 is 0 Å². The van der Waals surface area contributed by atoms with Crippen LogP contribution < -0.4 is 11.3 Å². The van der Waals surface area contributed by atoms with Crippen molar-refractivity contribution in [1.82, 2.24) is 10.4 Å². The highest BCUT2D eigenvalue weighted by Gasteiger charge is 2.14. The van der Waals surface area contributed by atoms with Crippen molar-refractivity contribution in [3.8, 4) is 0 Å². The largest absolute Gasteiger partial charge is 0.271 e. The fourth-order valence-corrected chi connectivity index (χ4v) is 2.60. The second-order valence-corrected chi connectivity index (χ2v) is 5.00. The number of nitrogens with two attached hydrogens (primary N) is 1. The molecule has 2 aromatic carbocycles. The zero-order valence-electron chi connectivity index (χ0n) is 11.5. The lowest BCUT2D eigenvalue weighted by molar-refractivity contribution is 0.552. The van der Waals surface area contributed by atoms with Crippen molar-refractivity contribution in [1.29, 1.82) is 0 Å². The molecule has 1 aromatic heterocycles. The second-order valence-electron chi connectivity index (χ2n) is 5.00. The van der Waals surface area contributed by atoms with E-state index in [1.807, 2.05) is 36.5 Å². The molecule has 21 heavy (non-hydrogen) atoms. The van der Waals surface area contributed by atoms with E-state index in [0.29, 0.717) is 6.42 Å². The number of benzene rings is 2. The van der Waals surface area contributed by atoms with Gasteiger partial charge in [0.1, 0.15) is 5.82 Å². The van der Waals surface area contributed by atoms with Gasteiger partial charge in [0, 0.05) is 17.8 Å². The number of pyridine rings is 1. The maximum Gasteiger partial charge on any atom is 0.123 e. The molecule has 1 atom stereocenters. The van der Waals surface area contributed by atoms with Gasteiger partial charge in [0.15, 0.2) is 0 Å². The van der Waals surface area contributed by atoms with Gasteiger partial charge in [-0.3, -0.25) is 16.3 Å². The van der Waals surface area contributed by atoms with Crippen molar-refractivity contribution < 1.29 is 4.39 Å². The summed E-state index contributed by atoms with van der Waals surface area (Å²) >= 11 is 0. The number of fused-ring (bicyclic) bond motifs is 1. The third-order valence-corrected chi connectivity index (χ3v) is 3.62. The van der Waals surface area contributed by atoms with Crippen molar-refractivity contribution in [2.24, 2.45) is 5.84 Å². The van der Waals surface area contributed by atoms with Gasteiger partial charge in [0.25, 0.3) is 0 Å². The lowest BCUT2D eigenvalue weighted by atomic mass is 9.95. The third-order valence-electron chi connectivity index (χ3n) is 3.62.